The molecule has 1 heterocycles. The number of nitrogens with zero attached hydrogens (tertiary/aromatic N) is 2. The van der Waals surface area contributed by atoms with Crippen LogP contribution >= 0.6 is 0 Å². The number of halogens is 1. The van der Waals surface area contributed by atoms with Gasteiger partial charge in [0.2, 0.25) is 0 Å². The van der Waals surface area contributed by atoms with Crippen molar-refractivity contribution in [3.63, 3.8) is 0 Å². The summed E-state index contributed by atoms with van der Waals surface area (Å²) in [5.41, 5.74) is 6.92. The highest BCUT2D eigenvalue weighted by molar-refractivity contribution is 5.39. The zero-order valence-electron chi connectivity index (χ0n) is 8.44. The number of aryl methyl sites for hydroxylation is 1. The number of anilines is 1. The molecule has 15 heavy (non-hydrogen) atoms. The lowest BCUT2D eigenvalue weighted by molar-refractivity contribution is 0.607. The molecule has 1 aromatic heterocycles. The van der Waals surface area contributed by atoms with Crippen LogP contribution in [0.1, 0.15) is 12.6 Å². The van der Waals surface area contributed by atoms with Crippen LogP contribution in [0, 0.1) is 5.82 Å². The number of hydrogen-bond donors (Lipinski definition) is 1. The van der Waals surface area contributed by atoms with Gasteiger partial charge in [-0.15, -0.1) is 0 Å². The molecule has 0 atom stereocenters. The van der Waals surface area contributed by atoms with Crippen molar-refractivity contribution in [3.05, 3.63) is 41.8 Å². The third-order valence-electron chi connectivity index (χ3n) is 2.24. The molecule has 0 bridgehead atoms. The van der Waals surface area contributed by atoms with Crippen LogP contribution in [0.15, 0.2) is 30.3 Å². The van der Waals surface area contributed by atoms with Gasteiger partial charge < -0.3 is 5.73 Å². The summed E-state index contributed by atoms with van der Waals surface area (Å²) in [6, 6.07) is 8.27. The maximum atomic E-state index is 13.5. The Morgan fingerprint density at radius 2 is 2.13 bits per heavy atom. The summed E-state index contributed by atoms with van der Waals surface area (Å²) in [7, 11) is 0. The Morgan fingerprint density at radius 1 is 1.40 bits per heavy atom. The lowest BCUT2D eigenvalue weighted by Crippen LogP contribution is -2.03. The van der Waals surface area contributed by atoms with E-state index in [1.165, 1.54) is 6.07 Å². The van der Waals surface area contributed by atoms with Gasteiger partial charge in [0.25, 0.3) is 0 Å². The van der Waals surface area contributed by atoms with Crippen molar-refractivity contribution < 1.29 is 4.39 Å². The predicted octanol–water partition coefficient (Wildman–Crippen LogP) is 2.16. The van der Waals surface area contributed by atoms with E-state index in [0.717, 1.165) is 12.1 Å². The van der Waals surface area contributed by atoms with Gasteiger partial charge in [0.05, 0.1) is 0 Å². The zero-order valence-corrected chi connectivity index (χ0v) is 8.44. The molecular formula is C11H12FN3. The smallest absolute Gasteiger partial charge is 0.148 e. The molecular weight excluding hydrogens is 193 g/mol. The Kier molecular flexibility index (Phi) is 2.41. The molecule has 0 fully saturated rings. The van der Waals surface area contributed by atoms with Crippen LogP contribution in [0.4, 0.5) is 10.2 Å². The third-order valence-corrected chi connectivity index (χ3v) is 2.24. The van der Waals surface area contributed by atoms with Crippen molar-refractivity contribution in [2.24, 2.45) is 0 Å². The lowest BCUT2D eigenvalue weighted by atomic mass is 10.3. The normalized spacial score (nSPS) is 10.5. The minimum absolute atomic E-state index is 0.296. The topological polar surface area (TPSA) is 43.8 Å². The van der Waals surface area contributed by atoms with E-state index >= 15 is 0 Å². The minimum atomic E-state index is -0.296. The maximum absolute atomic E-state index is 13.5. The van der Waals surface area contributed by atoms with E-state index in [2.05, 4.69) is 5.10 Å². The van der Waals surface area contributed by atoms with Gasteiger partial charge in [-0.05, 0) is 18.6 Å². The molecule has 0 saturated carbocycles. The summed E-state index contributed by atoms with van der Waals surface area (Å²) >= 11 is 0. The van der Waals surface area contributed by atoms with Crippen molar-refractivity contribution in [1.82, 2.24) is 9.78 Å². The molecule has 4 heteroatoms. The number of rotatable bonds is 2. The van der Waals surface area contributed by atoms with Crippen LogP contribution in [-0.4, -0.2) is 9.78 Å². The Balaban J connectivity index is 2.58. The van der Waals surface area contributed by atoms with Gasteiger partial charge in [0.15, 0.2) is 0 Å². The number of hydrogen-bond acceptors (Lipinski definition) is 2. The van der Waals surface area contributed by atoms with E-state index in [4.69, 9.17) is 5.73 Å². The fraction of sp³-hybridized carbons (Fsp3) is 0.182. The molecule has 0 aliphatic heterocycles. The average molecular weight is 205 g/mol. The summed E-state index contributed by atoms with van der Waals surface area (Å²) in [6.07, 6.45) is 0.762. The average Bonchev–Trinajstić information content (AvgIpc) is 2.60. The second-order valence-electron chi connectivity index (χ2n) is 3.28. The van der Waals surface area contributed by atoms with Crippen molar-refractivity contribution in [1.29, 1.82) is 0 Å². The van der Waals surface area contributed by atoms with E-state index in [0.29, 0.717) is 11.5 Å². The number of nitrogen functional groups attached to an aromatic ring is 1. The van der Waals surface area contributed by atoms with Gasteiger partial charge in [-0.1, -0.05) is 19.1 Å². The molecule has 0 aliphatic carbocycles. The van der Waals surface area contributed by atoms with Crippen LogP contribution < -0.4 is 5.73 Å². The number of para-hydroxylation sites is 1. The Hall–Kier alpha value is -1.84. The molecule has 78 valence electrons. The largest absolute Gasteiger partial charge is 0.382 e. The molecule has 0 radical (unpaired) electrons. The standard InChI is InChI=1S/C11H12FN3/c1-2-8-7-11(13)14-15(8)10-6-4-3-5-9(10)12/h3-7H,2H2,1H3,(H2,13,14). The zero-order chi connectivity index (χ0) is 10.8. The highest BCUT2D eigenvalue weighted by atomic mass is 19.1. The monoisotopic (exact) mass is 205 g/mol. The number of aromatic nitrogens is 2. The highest BCUT2D eigenvalue weighted by Crippen LogP contribution is 2.17. The van der Waals surface area contributed by atoms with E-state index in [9.17, 15) is 4.39 Å². The molecule has 2 rings (SSSR count). The van der Waals surface area contributed by atoms with Crippen LogP contribution in [0.2, 0.25) is 0 Å². The summed E-state index contributed by atoms with van der Waals surface area (Å²) in [6.45, 7) is 1.98. The van der Waals surface area contributed by atoms with E-state index < -0.39 is 0 Å². The summed E-state index contributed by atoms with van der Waals surface area (Å²) in [5, 5.41) is 4.07. The second kappa shape index (κ2) is 3.73. The first-order chi connectivity index (χ1) is 7.22. The maximum Gasteiger partial charge on any atom is 0.148 e. The van der Waals surface area contributed by atoms with Gasteiger partial charge in [-0.2, -0.15) is 5.10 Å². The van der Waals surface area contributed by atoms with Gasteiger partial charge in [-0.25, -0.2) is 9.07 Å². The molecule has 1 aromatic carbocycles. The molecule has 0 spiro atoms. The van der Waals surface area contributed by atoms with Crippen LogP contribution in [-0.2, 0) is 6.42 Å². The lowest BCUT2D eigenvalue weighted by Gasteiger charge is -2.05. The summed E-state index contributed by atoms with van der Waals surface area (Å²) in [5.74, 6) is 0.116. The second-order valence-corrected chi connectivity index (χ2v) is 3.28. The van der Waals surface area contributed by atoms with Crippen molar-refractivity contribution >= 4 is 5.82 Å². The van der Waals surface area contributed by atoms with Crippen LogP contribution in [0.25, 0.3) is 5.69 Å². The van der Waals surface area contributed by atoms with Gasteiger partial charge in [-0.3, -0.25) is 0 Å². The minimum Gasteiger partial charge on any atom is -0.382 e. The molecule has 0 unspecified atom stereocenters. The number of nitrogens with two attached hydrogens (primary N) is 1. The quantitative estimate of drug-likeness (QED) is 0.816. The van der Waals surface area contributed by atoms with Crippen LogP contribution in [0.5, 0.6) is 0 Å². The molecule has 0 saturated heterocycles. The summed E-state index contributed by atoms with van der Waals surface area (Å²) in [4.78, 5) is 0. The third kappa shape index (κ3) is 1.70. The Labute approximate surface area is 87.3 Å². The molecule has 3 nitrogen and oxygen atoms in total. The number of benzene rings is 1. The fourth-order valence-corrected chi connectivity index (χ4v) is 1.52. The van der Waals surface area contributed by atoms with E-state index in [-0.39, 0.29) is 5.82 Å². The molecule has 2 N–H and O–H groups in total. The molecule has 0 amide bonds. The van der Waals surface area contributed by atoms with E-state index in [1.54, 1.807) is 28.9 Å². The van der Waals surface area contributed by atoms with Crippen LogP contribution in [0.3, 0.4) is 0 Å². The first-order valence-electron chi connectivity index (χ1n) is 4.81. The SMILES string of the molecule is CCc1cc(N)nn1-c1ccccc1F. The first kappa shape index (κ1) is 9.71. The molecule has 2 aromatic rings. The van der Waals surface area contributed by atoms with Crippen molar-refractivity contribution in [3.8, 4) is 5.69 Å². The molecule has 0 aliphatic rings. The van der Waals surface area contributed by atoms with E-state index in [1.807, 2.05) is 6.92 Å². The Morgan fingerprint density at radius 3 is 2.80 bits per heavy atom. The predicted molar refractivity (Wildman–Crippen MR) is 57.3 cm³/mol. The van der Waals surface area contributed by atoms with Crippen molar-refractivity contribution in [2.75, 3.05) is 5.73 Å². The van der Waals surface area contributed by atoms with Gasteiger partial charge in [0, 0.05) is 11.8 Å². The first-order valence-corrected chi connectivity index (χ1v) is 4.81. The van der Waals surface area contributed by atoms with Gasteiger partial charge in [0.1, 0.15) is 17.3 Å². The van der Waals surface area contributed by atoms with Gasteiger partial charge >= 0.3 is 0 Å². The highest BCUT2D eigenvalue weighted by Gasteiger charge is 2.09. The fourth-order valence-electron chi connectivity index (χ4n) is 1.52. The van der Waals surface area contributed by atoms with Crippen molar-refractivity contribution in [2.45, 2.75) is 13.3 Å². The Bertz CT molecular complexity index is 476. The summed E-state index contributed by atoms with van der Waals surface area (Å²) < 4.78 is 15.0.